The molecule has 1 unspecified atom stereocenters. The molecule has 1 atom stereocenters. The molecule has 0 bridgehead atoms. The molecular formula is C22H23FN4O4S. The van der Waals surface area contributed by atoms with Gasteiger partial charge in [-0.25, -0.2) is 22.5 Å². The summed E-state index contributed by atoms with van der Waals surface area (Å²) in [4.78, 5) is 16.8. The van der Waals surface area contributed by atoms with Gasteiger partial charge in [-0.05, 0) is 24.3 Å². The summed E-state index contributed by atoms with van der Waals surface area (Å²) in [6, 6.07) is 9.59. The topological polar surface area (TPSA) is 102 Å². The number of rotatable bonds is 9. The third kappa shape index (κ3) is 4.87. The van der Waals surface area contributed by atoms with Crippen molar-refractivity contribution in [3.05, 3.63) is 90.3 Å². The van der Waals surface area contributed by atoms with E-state index in [1.54, 1.807) is 48.3 Å². The minimum atomic E-state index is -4.16. The Hall–Kier alpha value is -3.50. The minimum absolute atomic E-state index is 0.0283. The number of aromatic nitrogens is 2. The van der Waals surface area contributed by atoms with Gasteiger partial charge < -0.3 is 14.6 Å². The fourth-order valence-corrected chi connectivity index (χ4v) is 4.25. The number of nitrogens with zero attached hydrogens (tertiary/aromatic N) is 2. The van der Waals surface area contributed by atoms with Crippen molar-refractivity contribution in [1.82, 2.24) is 19.6 Å². The van der Waals surface area contributed by atoms with Crippen LogP contribution in [0.4, 0.5) is 4.39 Å². The maximum atomic E-state index is 14.3. The largest absolute Gasteiger partial charge is 0.496 e. The van der Waals surface area contributed by atoms with Gasteiger partial charge >= 0.3 is 0 Å². The highest BCUT2D eigenvalue weighted by atomic mass is 32.2. The summed E-state index contributed by atoms with van der Waals surface area (Å²) in [6.45, 7) is 3.35. The zero-order chi connectivity index (χ0) is 23.3. The van der Waals surface area contributed by atoms with Gasteiger partial charge in [0.2, 0.25) is 10.0 Å². The van der Waals surface area contributed by atoms with E-state index >= 15 is 0 Å². The molecular weight excluding hydrogens is 435 g/mol. The molecule has 0 aliphatic carbocycles. The van der Waals surface area contributed by atoms with Gasteiger partial charge in [-0.1, -0.05) is 24.3 Å². The second-order valence-corrected chi connectivity index (χ2v) is 8.57. The van der Waals surface area contributed by atoms with Crippen LogP contribution in [0.5, 0.6) is 5.75 Å². The Labute approximate surface area is 185 Å². The predicted molar refractivity (Wildman–Crippen MR) is 117 cm³/mol. The van der Waals surface area contributed by atoms with E-state index in [2.05, 4.69) is 21.6 Å². The highest BCUT2D eigenvalue weighted by Gasteiger charge is 2.26. The summed E-state index contributed by atoms with van der Waals surface area (Å²) in [5, 5.41) is 2.85. The van der Waals surface area contributed by atoms with E-state index in [9.17, 15) is 17.6 Å². The molecule has 0 spiro atoms. The number of aryl methyl sites for hydroxylation is 1. The molecule has 2 N–H and O–H groups in total. The first-order valence-electron chi connectivity index (χ1n) is 9.59. The molecule has 32 heavy (non-hydrogen) atoms. The standard InChI is InChI=1S/C22H23FN4O4S/c1-4-11-25-32(29,30)19-14-15(9-10-17(19)23)22(28)26-20(21-24-12-13-27(21)2)16-7-5-6-8-18(16)31-3/h4-10,12-14,20,25H,1,11H2,2-3H3,(H,26,28). The number of imidazole rings is 1. The van der Waals surface area contributed by atoms with Crippen molar-refractivity contribution in [2.45, 2.75) is 10.9 Å². The number of amides is 1. The molecule has 0 aliphatic rings. The third-order valence-corrected chi connectivity index (χ3v) is 6.18. The van der Waals surface area contributed by atoms with Crippen molar-refractivity contribution in [2.24, 2.45) is 7.05 Å². The van der Waals surface area contributed by atoms with Gasteiger partial charge in [0.25, 0.3) is 5.91 Å². The second kappa shape index (κ2) is 9.75. The van der Waals surface area contributed by atoms with E-state index in [4.69, 9.17) is 4.74 Å². The van der Waals surface area contributed by atoms with Crippen LogP contribution < -0.4 is 14.8 Å². The number of nitrogens with one attached hydrogen (secondary N) is 2. The molecule has 10 heteroatoms. The van der Waals surface area contributed by atoms with Crippen molar-refractivity contribution in [1.29, 1.82) is 0 Å². The Balaban J connectivity index is 2.00. The maximum absolute atomic E-state index is 14.3. The van der Waals surface area contributed by atoms with E-state index in [1.165, 1.54) is 19.3 Å². The quantitative estimate of drug-likeness (QED) is 0.480. The molecule has 0 saturated carbocycles. The zero-order valence-corrected chi connectivity index (χ0v) is 18.4. The van der Waals surface area contributed by atoms with Crippen molar-refractivity contribution in [2.75, 3.05) is 13.7 Å². The molecule has 1 aromatic heterocycles. The Morgan fingerprint density at radius 3 is 2.72 bits per heavy atom. The lowest BCUT2D eigenvalue weighted by Crippen LogP contribution is -2.32. The van der Waals surface area contributed by atoms with E-state index < -0.39 is 32.7 Å². The Bertz CT molecular complexity index is 1240. The summed E-state index contributed by atoms with van der Waals surface area (Å²) >= 11 is 0. The van der Waals surface area contributed by atoms with Crippen molar-refractivity contribution < 1.29 is 22.3 Å². The molecule has 168 valence electrons. The molecule has 3 rings (SSSR count). The molecule has 0 saturated heterocycles. The van der Waals surface area contributed by atoms with Crippen molar-refractivity contribution >= 4 is 15.9 Å². The first-order chi connectivity index (χ1) is 15.3. The third-order valence-electron chi connectivity index (χ3n) is 4.74. The highest BCUT2D eigenvalue weighted by Crippen LogP contribution is 2.29. The van der Waals surface area contributed by atoms with Crippen LogP contribution in [-0.4, -0.2) is 37.5 Å². The molecule has 8 nitrogen and oxygen atoms in total. The highest BCUT2D eigenvalue weighted by molar-refractivity contribution is 7.89. The summed E-state index contributed by atoms with van der Waals surface area (Å²) in [5.74, 6) is -0.505. The number of hydrogen-bond donors (Lipinski definition) is 2. The lowest BCUT2D eigenvalue weighted by molar-refractivity contribution is 0.0940. The van der Waals surface area contributed by atoms with E-state index in [-0.39, 0.29) is 12.1 Å². The average molecular weight is 459 g/mol. The lowest BCUT2D eigenvalue weighted by atomic mass is 10.0. The Morgan fingerprint density at radius 1 is 1.31 bits per heavy atom. The van der Waals surface area contributed by atoms with E-state index in [0.717, 1.165) is 12.1 Å². The molecule has 2 aromatic carbocycles. The molecule has 0 aliphatic heterocycles. The van der Waals surface area contributed by atoms with Crippen LogP contribution in [0.2, 0.25) is 0 Å². The van der Waals surface area contributed by atoms with Crippen molar-refractivity contribution in [3.8, 4) is 5.75 Å². The predicted octanol–water partition coefficient (Wildman–Crippen LogP) is 2.55. The average Bonchev–Trinajstić information content (AvgIpc) is 3.21. The van der Waals surface area contributed by atoms with E-state index in [0.29, 0.717) is 17.1 Å². The van der Waals surface area contributed by atoms with Crippen LogP contribution in [0.25, 0.3) is 0 Å². The summed E-state index contributed by atoms with van der Waals surface area (Å²) in [7, 11) is -0.863. The number of sulfonamides is 1. The summed E-state index contributed by atoms with van der Waals surface area (Å²) in [6.07, 6.45) is 4.66. The monoisotopic (exact) mass is 458 g/mol. The minimum Gasteiger partial charge on any atom is -0.496 e. The van der Waals surface area contributed by atoms with Gasteiger partial charge in [-0.2, -0.15) is 0 Å². The van der Waals surface area contributed by atoms with Gasteiger partial charge in [0, 0.05) is 37.1 Å². The second-order valence-electron chi connectivity index (χ2n) is 6.83. The molecule has 3 aromatic rings. The van der Waals surface area contributed by atoms with Gasteiger partial charge in [0.1, 0.15) is 28.3 Å². The van der Waals surface area contributed by atoms with Crippen LogP contribution >= 0.6 is 0 Å². The number of hydrogen-bond acceptors (Lipinski definition) is 5. The summed E-state index contributed by atoms with van der Waals surface area (Å²) < 4.78 is 48.4. The smallest absolute Gasteiger partial charge is 0.252 e. The molecule has 0 radical (unpaired) electrons. The SMILES string of the molecule is C=CCNS(=O)(=O)c1cc(C(=O)NC(c2ccccc2OC)c2nccn2C)ccc1F. The molecule has 1 amide bonds. The molecule has 0 fully saturated rings. The number of halogens is 1. The number of methoxy groups -OCH3 is 1. The number of carbonyl (C=O) groups excluding carboxylic acids is 1. The number of ether oxygens (including phenoxy) is 1. The van der Waals surface area contributed by atoms with E-state index in [1.807, 2.05) is 0 Å². The van der Waals surface area contributed by atoms with Crippen molar-refractivity contribution in [3.63, 3.8) is 0 Å². The number of benzene rings is 2. The number of carbonyl (C=O) groups is 1. The Morgan fingerprint density at radius 2 is 2.06 bits per heavy atom. The summed E-state index contributed by atoms with van der Waals surface area (Å²) in [5.41, 5.74) is 0.625. The number of para-hydroxylation sites is 1. The fourth-order valence-electron chi connectivity index (χ4n) is 3.15. The van der Waals surface area contributed by atoms with Crippen LogP contribution in [0, 0.1) is 5.82 Å². The first kappa shape index (κ1) is 23.2. The van der Waals surface area contributed by atoms with Crippen LogP contribution in [0.3, 0.4) is 0 Å². The molecule has 1 heterocycles. The van der Waals surface area contributed by atoms with Crippen LogP contribution in [-0.2, 0) is 17.1 Å². The zero-order valence-electron chi connectivity index (χ0n) is 17.6. The van der Waals surface area contributed by atoms with Gasteiger partial charge in [0.15, 0.2) is 0 Å². The van der Waals surface area contributed by atoms with Gasteiger partial charge in [0.05, 0.1) is 7.11 Å². The fraction of sp³-hybridized carbons (Fsp3) is 0.182. The lowest BCUT2D eigenvalue weighted by Gasteiger charge is -2.21. The first-order valence-corrected chi connectivity index (χ1v) is 11.1. The van der Waals surface area contributed by atoms with Gasteiger partial charge in [-0.15, -0.1) is 6.58 Å². The van der Waals surface area contributed by atoms with Crippen LogP contribution in [0.1, 0.15) is 27.8 Å². The van der Waals surface area contributed by atoms with Gasteiger partial charge in [-0.3, -0.25) is 4.79 Å². The van der Waals surface area contributed by atoms with Crippen LogP contribution in [0.15, 0.2) is 72.4 Å². The normalized spacial score (nSPS) is 12.2. The maximum Gasteiger partial charge on any atom is 0.252 e. The Kier molecular flexibility index (Phi) is 7.06.